The molecule has 0 aliphatic heterocycles. The molecule has 2 aromatic heterocycles. The molecule has 0 aliphatic rings. The number of hydrogen-bond donors (Lipinski definition) is 5. The highest BCUT2D eigenvalue weighted by atomic mass is 32.1. The number of phenolic OH excluding ortho intramolecular Hbond substituents is 5. The topological polar surface area (TPSA) is 109 Å². The molecule has 0 spiro atoms. The van der Waals surface area contributed by atoms with Crippen molar-refractivity contribution in [2.75, 3.05) is 4.90 Å². The molecule has 0 aliphatic carbocycles. The van der Waals surface area contributed by atoms with Crippen molar-refractivity contribution < 1.29 is 25.5 Å². The van der Waals surface area contributed by atoms with Crippen LogP contribution in [-0.2, 0) is 0 Å². The molecule has 5 N–H and O–H groups in total. The van der Waals surface area contributed by atoms with Crippen LogP contribution in [0, 0.1) is 0 Å². The first kappa shape index (κ1) is 29.5. The van der Waals surface area contributed by atoms with E-state index >= 15 is 0 Å². The fraction of sp³-hybridized carbons (Fsp3) is 0. The Bertz CT molecular complexity index is 2740. The summed E-state index contributed by atoms with van der Waals surface area (Å²) in [6.07, 6.45) is 0. The first-order chi connectivity index (χ1) is 24.4. The fourth-order valence-electron chi connectivity index (χ4n) is 6.96. The van der Waals surface area contributed by atoms with Crippen molar-refractivity contribution in [1.29, 1.82) is 0 Å². The van der Waals surface area contributed by atoms with Crippen LogP contribution in [-0.4, -0.2) is 30.1 Å². The van der Waals surface area contributed by atoms with Crippen LogP contribution in [0.25, 0.3) is 58.8 Å². The predicted molar refractivity (Wildman–Crippen MR) is 202 cm³/mol. The normalized spacial score (nSPS) is 11.6. The highest BCUT2D eigenvalue weighted by Crippen LogP contribution is 2.58. The molecule has 0 atom stereocenters. The summed E-state index contributed by atoms with van der Waals surface area (Å²) in [7, 11) is 0. The third-order valence-corrected chi connectivity index (χ3v) is 10.5. The Balaban J connectivity index is 1.20. The number of nitrogens with zero attached hydrogens (tertiary/aromatic N) is 2. The van der Waals surface area contributed by atoms with Crippen molar-refractivity contribution in [3.8, 4) is 45.6 Å². The van der Waals surface area contributed by atoms with E-state index in [1.807, 2.05) is 91.0 Å². The number of phenols is 5. The number of aromatic nitrogens is 1. The van der Waals surface area contributed by atoms with E-state index in [1.54, 1.807) is 16.2 Å². The number of anilines is 3. The quantitative estimate of drug-likeness (QED) is 0.0920. The van der Waals surface area contributed by atoms with Gasteiger partial charge >= 0.3 is 0 Å². The Morgan fingerprint density at radius 1 is 0.420 bits per heavy atom. The van der Waals surface area contributed by atoms with Crippen molar-refractivity contribution in [1.82, 2.24) is 4.57 Å². The molecule has 0 unspecified atom stereocenters. The van der Waals surface area contributed by atoms with Gasteiger partial charge in [0.2, 0.25) is 17.2 Å². The Hall–Kier alpha value is -6.64. The van der Waals surface area contributed by atoms with Gasteiger partial charge in [0.05, 0.1) is 11.0 Å². The molecular formula is C42H28N2O5S. The third-order valence-electron chi connectivity index (χ3n) is 9.33. The zero-order chi connectivity index (χ0) is 34.1. The smallest absolute Gasteiger partial charge is 0.208 e. The first-order valence-corrected chi connectivity index (χ1v) is 16.8. The SMILES string of the molecule is Oc1c(O)c(O)c(N(c2ccc(-c3ccc4c(c3)c3ccccc3n4-c3ccccc3)cc2)c2ccc3sc4ccccc4c3c2)c(O)c1O. The molecule has 2 heterocycles. The molecule has 50 heavy (non-hydrogen) atoms. The van der Waals surface area contributed by atoms with Crippen molar-refractivity contribution in [3.05, 3.63) is 140 Å². The third kappa shape index (κ3) is 4.43. The van der Waals surface area contributed by atoms with Gasteiger partial charge < -0.3 is 35.0 Å². The van der Waals surface area contributed by atoms with Crippen LogP contribution < -0.4 is 4.90 Å². The van der Waals surface area contributed by atoms with Gasteiger partial charge in [0, 0.05) is 48.0 Å². The maximum absolute atomic E-state index is 11.1. The van der Waals surface area contributed by atoms with Crippen LogP contribution >= 0.6 is 11.3 Å². The summed E-state index contributed by atoms with van der Waals surface area (Å²) in [5.74, 6) is -4.46. The molecule has 242 valence electrons. The number of aromatic hydroxyl groups is 5. The van der Waals surface area contributed by atoms with E-state index in [-0.39, 0.29) is 5.69 Å². The average molecular weight is 673 g/mol. The zero-order valence-corrected chi connectivity index (χ0v) is 27.1. The van der Waals surface area contributed by atoms with Gasteiger partial charge in [-0.1, -0.05) is 72.8 Å². The Morgan fingerprint density at radius 3 is 1.76 bits per heavy atom. The van der Waals surface area contributed by atoms with Gasteiger partial charge in [-0.3, -0.25) is 0 Å². The van der Waals surface area contributed by atoms with Crippen molar-refractivity contribution in [3.63, 3.8) is 0 Å². The lowest BCUT2D eigenvalue weighted by Gasteiger charge is -2.28. The predicted octanol–water partition coefficient (Wildman–Crippen LogP) is 10.8. The summed E-state index contributed by atoms with van der Waals surface area (Å²) in [4.78, 5) is 1.55. The summed E-state index contributed by atoms with van der Waals surface area (Å²) in [5, 5.41) is 57.8. The van der Waals surface area contributed by atoms with E-state index in [1.165, 1.54) is 0 Å². The number of benzene rings is 7. The molecule has 7 aromatic carbocycles. The van der Waals surface area contributed by atoms with Crippen LogP contribution in [0.1, 0.15) is 0 Å². The Morgan fingerprint density at radius 2 is 1.00 bits per heavy atom. The minimum atomic E-state index is -1.01. The van der Waals surface area contributed by atoms with E-state index in [2.05, 4.69) is 53.1 Å². The number of rotatable bonds is 5. The van der Waals surface area contributed by atoms with Crippen LogP contribution in [0.4, 0.5) is 17.1 Å². The molecule has 0 saturated heterocycles. The molecule has 0 radical (unpaired) electrons. The molecule has 8 heteroatoms. The molecule has 9 aromatic rings. The van der Waals surface area contributed by atoms with Crippen molar-refractivity contribution >= 4 is 70.4 Å². The minimum absolute atomic E-state index is 0.278. The van der Waals surface area contributed by atoms with E-state index < -0.39 is 28.7 Å². The monoisotopic (exact) mass is 672 g/mol. The maximum atomic E-state index is 11.1. The van der Waals surface area contributed by atoms with Gasteiger partial charge in [0.1, 0.15) is 5.69 Å². The summed E-state index contributed by atoms with van der Waals surface area (Å²) in [6, 6.07) is 46.5. The summed E-state index contributed by atoms with van der Waals surface area (Å²) in [5.41, 5.74) is 6.05. The van der Waals surface area contributed by atoms with Crippen LogP contribution in [0.15, 0.2) is 140 Å². The molecule has 0 amide bonds. The highest BCUT2D eigenvalue weighted by molar-refractivity contribution is 7.25. The Kier molecular flexibility index (Phi) is 6.62. The summed E-state index contributed by atoms with van der Waals surface area (Å²) < 4.78 is 4.44. The lowest BCUT2D eigenvalue weighted by Crippen LogP contribution is -2.10. The number of para-hydroxylation sites is 2. The lowest BCUT2D eigenvalue weighted by molar-refractivity contribution is 0.329. The first-order valence-electron chi connectivity index (χ1n) is 16.0. The fourth-order valence-corrected chi connectivity index (χ4v) is 8.04. The van der Waals surface area contributed by atoms with Crippen molar-refractivity contribution in [2.24, 2.45) is 0 Å². The zero-order valence-electron chi connectivity index (χ0n) is 26.3. The van der Waals surface area contributed by atoms with E-state index in [0.717, 1.165) is 58.8 Å². The van der Waals surface area contributed by atoms with Crippen LogP contribution in [0.3, 0.4) is 0 Å². The van der Waals surface area contributed by atoms with E-state index in [9.17, 15) is 25.5 Å². The molecular weight excluding hydrogens is 645 g/mol. The molecule has 0 fully saturated rings. The van der Waals surface area contributed by atoms with Gasteiger partial charge in [-0.15, -0.1) is 11.3 Å². The van der Waals surface area contributed by atoms with E-state index in [4.69, 9.17) is 0 Å². The second kappa shape index (κ2) is 11.2. The molecule has 0 bridgehead atoms. The Labute approximate surface area is 289 Å². The minimum Gasteiger partial charge on any atom is -0.503 e. The second-order valence-electron chi connectivity index (χ2n) is 12.2. The van der Waals surface area contributed by atoms with Crippen LogP contribution in [0.5, 0.6) is 28.7 Å². The standard InChI is InChI=1S/C42H28N2O5S/c45-38-37(39(46)41(48)42(49)40(38)47)43(28-19-21-36-32(23-28)30-11-5-7-13-35(30)50-36)27-17-14-24(15-18-27)25-16-20-34-31(22-25)29-10-4-6-12-33(29)44(34)26-8-2-1-3-9-26/h1-23,45-49H. The number of fused-ring (bicyclic) bond motifs is 6. The van der Waals surface area contributed by atoms with Gasteiger partial charge in [-0.05, 0) is 77.9 Å². The van der Waals surface area contributed by atoms with Crippen molar-refractivity contribution in [2.45, 2.75) is 0 Å². The van der Waals surface area contributed by atoms with Gasteiger partial charge in [-0.25, -0.2) is 0 Å². The average Bonchev–Trinajstić information content (AvgIpc) is 3.70. The number of thiophene rings is 1. The maximum Gasteiger partial charge on any atom is 0.208 e. The lowest BCUT2D eigenvalue weighted by atomic mass is 10.0. The second-order valence-corrected chi connectivity index (χ2v) is 13.3. The van der Waals surface area contributed by atoms with Crippen LogP contribution in [0.2, 0.25) is 0 Å². The molecule has 7 nitrogen and oxygen atoms in total. The molecule has 0 saturated carbocycles. The summed E-state index contributed by atoms with van der Waals surface area (Å²) in [6.45, 7) is 0. The molecule has 9 rings (SSSR count). The number of hydrogen-bond acceptors (Lipinski definition) is 7. The van der Waals surface area contributed by atoms with Gasteiger partial charge in [0.15, 0.2) is 11.5 Å². The highest BCUT2D eigenvalue weighted by Gasteiger charge is 2.29. The van der Waals surface area contributed by atoms with Gasteiger partial charge in [0.25, 0.3) is 0 Å². The summed E-state index contributed by atoms with van der Waals surface area (Å²) >= 11 is 1.66. The van der Waals surface area contributed by atoms with Gasteiger partial charge in [-0.2, -0.15) is 0 Å². The largest absolute Gasteiger partial charge is 0.503 e. The van der Waals surface area contributed by atoms with E-state index in [0.29, 0.717) is 11.4 Å².